The number of aliphatic carboxylic acids is 1. The smallest absolute Gasteiger partial charge is 0.321 e. The van der Waals surface area contributed by atoms with E-state index in [1.165, 1.54) is 0 Å². The Morgan fingerprint density at radius 3 is 2.21 bits per heavy atom. The number of carboxylic acids is 1. The van der Waals surface area contributed by atoms with Crippen molar-refractivity contribution in [3.8, 4) is 0 Å². The predicted molar refractivity (Wildman–Crippen MR) is 50.3 cm³/mol. The zero-order valence-electron chi connectivity index (χ0n) is 8.09. The highest BCUT2D eigenvalue weighted by molar-refractivity contribution is 5.73. The number of hydrogen-bond acceptors (Lipinski definition) is 5. The van der Waals surface area contributed by atoms with Gasteiger partial charge in [-0.25, -0.2) is 4.90 Å². The molecule has 0 radical (unpaired) electrons. The van der Waals surface area contributed by atoms with Crippen molar-refractivity contribution >= 4 is 5.97 Å². The van der Waals surface area contributed by atoms with E-state index in [1.807, 2.05) is 0 Å². The number of rotatable bonds is 8. The number of aliphatic hydroxyl groups is 2. The molecule has 0 aliphatic heterocycles. The van der Waals surface area contributed by atoms with Crippen LogP contribution in [0.15, 0.2) is 0 Å². The Balaban J connectivity index is 4.06. The Hall–Kier alpha value is -0.690. The molecule has 6 nitrogen and oxygen atoms in total. The molecule has 0 fully saturated rings. The Kier molecular flexibility index (Phi) is 7.31. The van der Waals surface area contributed by atoms with Gasteiger partial charge in [0.1, 0.15) is 6.04 Å². The van der Waals surface area contributed by atoms with E-state index in [0.29, 0.717) is 19.4 Å². The molecule has 0 aromatic carbocycles. The number of nitrogens with zero attached hydrogens (tertiary/aromatic N) is 1. The number of nitrogens with two attached hydrogens (primary N) is 1. The van der Waals surface area contributed by atoms with Gasteiger partial charge in [-0.15, -0.1) is 0 Å². The Labute approximate surface area is 82.9 Å². The SMILES string of the molecule is NCCCC[C@@H](C(=O)O)N(CO)CO. The number of hydrogen-bond donors (Lipinski definition) is 4. The summed E-state index contributed by atoms with van der Waals surface area (Å²) < 4.78 is 0. The molecule has 14 heavy (non-hydrogen) atoms. The van der Waals surface area contributed by atoms with Gasteiger partial charge in [0.15, 0.2) is 0 Å². The third-order valence-corrected chi connectivity index (χ3v) is 2.02. The lowest BCUT2D eigenvalue weighted by atomic mass is 10.1. The molecule has 0 aliphatic carbocycles. The molecule has 0 aliphatic rings. The van der Waals surface area contributed by atoms with Gasteiger partial charge in [0.2, 0.25) is 0 Å². The van der Waals surface area contributed by atoms with Crippen LogP contribution in [0.2, 0.25) is 0 Å². The van der Waals surface area contributed by atoms with Gasteiger partial charge in [-0.1, -0.05) is 6.42 Å². The number of carboxylic acid groups (broad SMARTS) is 1. The summed E-state index contributed by atoms with van der Waals surface area (Å²) in [7, 11) is 0. The Morgan fingerprint density at radius 1 is 1.29 bits per heavy atom. The molecule has 0 amide bonds. The maximum absolute atomic E-state index is 10.8. The lowest BCUT2D eigenvalue weighted by Gasteiger charge is -2.24. The largest absolute Gasteiger partial charge is 0.480 e. The lowest BCUT2D eigenvalue weighted by Crippen LogP contribution is -2.42. The van der Waals surface area contributed by atoms with Crippen molar-refractivity contribution in [1.82, 2.24) is 4.90 Å². The van der Waals surface area contributed by atoms with Crippen molar-refractivity contribution < 1.29 is 20.1 Å². The summed E-state index contributed by atoms with van der Waals surface area (Å²) in [6.07, 6.45) is 1.80. The highest BCUT2D eigenvalue weighted by Crippen LogP contribution is 2.07. The van der Waals surface area contributed by atoms with Crippen LogP contribution in [0.3, 0.4) is 0 Å². The van der Waals surface area contributed by atoms with Crippen molar-refractivity contribution in [1.29, 1.82) is 0 Å². The zero-order chi connectivity index (χ0) is 11.0. The summed E-state index contributed by atoms with van der Waals surface area (Å²) in [5, 5.41) is 26.4. The van der Waals surface area contributed by atoms with Crippen LogP contribution in [-0.2, 0) is 4.79 Å². The molecule has 0 aromatic rings. The molecule has 0 saturated carbocycles. The molecule has 84 valence electrons. The van der Waals surface area contributed by atoms with Gasteiger partial charge < -0.3 is 21.1 Å². The van der Waals surface area contributed by atoms with Gasteiger partial charge >= 0.3 is 5.97 Å². The van der Waals surface area contributed by atoms with Crippen LogP contribution in [0.5, 0.6) is 0 Å². The summed E-state index contributed by atoms with van der Waals surface area (Å²) in [6, 6.07) is -0.837. The average molecular weight is 206 g/mol. The normalized spacial score (nSPS) is 13.1. The highest BCUT2D eigenvalue weighted by atomic mass is 16.4. The van der Waals surface area contributed by atoms with Crippen molar-refractivity contribution in [2.45, 2.75) is 25.3 Å². The Bertz CT molecular complexity index is 161. The minimum atomic E-state index is -1.04. The van der Waals surface area contributed by atoms with Crippen molar-refractivity contribution in [3.63, 3.8) is 0 Å². The van der Waals surface area contributed by atoms with Gasteiger partial charge in [-0.2, -0.15) is 0 Å². The summed E-state index contributed by atoms with van der Waals surface area (Å²) in [4.78, 5) is 11.8. The molecule has 0 bridgehead atoms. The first-order valence-electron chi connectivity index (χ1n) is 4.56. The van der Waals surface area contributed by atoms with Crippen LogP contribution in [-0.4, -0.2) is 52.2 Å². The maximum atomic E-state index is 10.8. The van der Waals surface area contributed by atoms with Gasteiger partial charge in [0.05, 0.1) is 13.5 Å². The first-order valence-corrected chi connectivity index (χ1v) is 4.56. The summed E-state index contributed by atoms with van der Waals surface area (Å²) in [5.74, 6) is -1.04. The molecule has 0 saturated heterocycles. The summed E-state index contributed by atoms with van der Waals surface area (Å²) in [5.41, 5.74) is 5.27. The van der Waals surface area contributed by atoms with Crippen LogP contribution >= 0.6 is 0 Å². The van der Waals surface area contributed by atoms with Crippen molar-refractivity contribution in [2.24, 2.45) is 5.73 Å². The van der Waals surface area contributed by atoms with Gasteiger partial charge in [-0.3, -0.25) is 4.79 Å². The average Bonchev–Trinajstić information content (AvgIpc) is 2.17. The van der Waals surface area contributed by atoms with Gasteiger partial charge in [0.25, 0.3) is 0 Å². The van der Waals surface area contributed by atoms with Crippen LogP contribution in [0.25, 0.3) is 0 Å². The maximum Gasteiger partial charge on any atom is 0.321 e. The molecule has 1 atom stereocenters. The third-order valence-electron chi connectivity index (χ3n) is 2.02. The van der Waals surface area contributed by atoms with Gasteiger partial charge in [-0.05, 0) is 19.4 Å². The standard InChI is InChI=1S/C8H18N2O4/c9-4-2-1-3-7(8(13)14)10(5-11)6-12/h7,11-12H,1-6,9H2,(H,13,14)/t7-/m0/s1. The lowest BCUT2D eigenvalue weighted by molar-refractivity contribution is -0.148. The van der Waals surface area contributed by atoms with Crippen LogP contribution in [0.1, 0.15) is 19.3 Å². The molecule has 0 spiro atoms. The second-order valence-electron chi connectivity index (χ2n) is 3.01. The zero-order valence-corrected chi connectivity index (χ0v) is 8.09. The number of carbonyl (C=O) groups is 1. The van der Waals surface area contributed by atoms with E-state index >= 15 is 0 Å². The van der Waals surface area contributed by atoms with Crippen LogP contribution < -0.4 is 5.73 Å². The van der Waals surface area contributed by atoms with Gasteiger partial charge in [0, 0.05) is 0 Å². The first-order chi connectivity index (χ1) is 6.67. The van der Waals surface area contributed by atoms with E-state index in [9.17, 15) is 4.79 Å². The van der Waals surface area contributed by atoms with Crippen LogP contribution in [0.4, 0.5) is 0 Å². The topological polar surface area (TPSA) is 107 Å². The third kappa shape index (κ3) is 4.52. The molecule has 6 heteroatoms. The Morgan fingerprint density at radius 2 is 1.86 bits per heavy atom. The molecule has 0 heterocycles. The minimum Gasteiger partial charge on any atom is -0.480 e. The van der Waals surface area contributed by atoms with E-state index in [2.05, 4.69) is 0 Å². The predicted octanol–water partition coefficient (Wildman–Crippen LogP) is -1.23. The second-order valence-corrected chi connectivity index (χ2v) is 3.01. The monoisotopic (exact) mass is 206 g/mol. The molecular formula is C8H18N2O4. The van der Waals surface area contributed by atoms with E-state index < -0.39 is 25.5 Å². The second kappa shape index (κ2) is 7.69. The van der Waals surface area contributed by atoms with E-state index in [4.69, 9.17) is 21.1 Å². The summed E-state index contributed by atoms with van der Waals surface area (Å²) >= 11 is 0. The number of unbranched alkanes of at least 4 members (excludes halogenated alkanes) is 1. The van der Waals surface area contributed by atoms with Crippen molar-refractivity contribution in [2.75, 3.05) is 20.0 Å². The number of aliphatic hydroxyl groups excluding tert-OH is 2. The van der Waals surface area contributed by atoms with Crippen molar-refractivity contribution in [3.05, 3.63) is 0 Å². The molecular weight excluding hydrogens is 188 g/mol. The minimum absolute atomic E-state index is 0.383. The molecule has 0 unspecified atom stereocenters. The first kappa shape index (κ1) is 13.3. The van der Waals surface area contributed by atoms with E-state index in [1.54, 1.807) is 0 Å². The quantitative estimate of drug-likeness (QED) is 0.292. The molecule has 5 N–H and O–H groups in total. The fourth-order valence-electron chi connectivity index (χ4n) is 1.19. The van der Waals surface area contributed by atoms with Crippen LogP contribution in [0, 0.1) is 0 Å². The van der Waals surface area contributed by atoms with E-state index in [0.717, 1.165) is 11.3 Å². The fourth-order valence-corrected chi connectivity index (χ4v) is 1.19. The summed E-state index contributed by atoms with van der Waals surface area (Å²) in [6.45, 7) is -0.406. The highest BCUT2D eigenvalue weighted by Gasteiger charge is 2.23. The molecule has 0 rings (SSSR count). The fraction of sp³-hybridized carbons (Fsp3) is 0.875. The molecule has 0 aromatic heterocycles. The van der Waals surface area contributed by atoms with E-state index in [-0.39, 0.29) is 0 Å².